The molecule has 1 atom stereocenters. The van der Waals surface area contributed by atoms with Gasteiger partial charge >= 0.3 is 0 Å². The predicted molar refractivity (Wildman–Crippen MR) is 156 cm³/mol. The maximum absolute atomic E-state index is 13.9. The molecule has 0 N–H and O–H groups in total. The fourth-order valence-corrected chi connectivity index (χ4v) is 5.73. The summed E-state index contributed by atoms with van der Waals surface area (Å²) in [6.45, 7) is 8.27. The van der Waals surface area contributed by atoms with E-state index in [4.69, 9.17) is 21.4 Å². The largest absolute Gasteiger partial charge is 0.379 e. The highest BCUT2D eigenvalue weighted by molar-refractivity contribution is 7.12. The number of morpholine rings is 1. The highest BCUT2D eigenvalue weighted by Gasteiger charge is 2.35. The van der Waals surface area contributed by atoms with Crippen molar-refractivity contribution in [3.8, 4) is 0 Å². The molecule has 7 nitrogen and oxygen atoms in total. The Morgan fingerprint density at radius 2 is 1.85 bits per heavy atom. The summed E-state index contributed by atoms with van der Waals surface area (Å²) >= 11 is 7.55. The first kappa shape index (κ1) is 27.5. The van der Waals surface area contributed by atoms with E-state index >= 15 is 0 Å². The van der Waals surface area contributed by atoms with Crippen molar-refractivity contribution in [2.75, 3.05) is 45.9 Å². The molecule has 204 valence electrons. The number of thiophene rings is 1. The minimum Gasteiger partial charge on any atom is -0.379 e. The van der Waals surface area contributed by atoms with E-state index in [-0.39, 0.29) is 24.4 Å². The lowest BCUT2D eigenvalue weighted by Crippen LogP contribution is -2.46. The summed E-state index contributed by atoms with van der Waals surface area (Å²) in [5.74, 6) is -0.340. The van der Waals surface area contributed by atoms with Crippen LogP contribution in [0.2, 0.25) is 5.02 Å². The Morgan fingerprint density at radius 1 is 1.08 bits per heavy atom. The smallest absolute Gasteiger partial charge is 0.264 e. The van der Waals surface area contributed by atoms with Gasteiger partial charge in [0.25, 0.3) is 11.8 Å². The van der Waals surface area contributed by atoms with Gasteiger partial charge in [-0.3, -0.25) is 14.5 Å². The van der Waals surface area contributed by atoms with Gasteiger partial charge in [0, 0.05) is 37.6 Å². The number of hydrogen-bond acceptors (Lipinski definition) is 6. The second-order valence-corrected chi connectivity index (χ2v) is 11.4. The molecule has 3 heterocycles. The second-order valence-electron chi connectivity index (χ2n) is 10.0. The van der Waals surface area contributed by atoms with Gasteiger partial charge in [0.2, 0.25) is 0 Å². The van der Waals surface area contributed by atoms with Crippen LogP contribution in [0.1, 0.15) is 44.4 Å². The average molecular weight is 565 g/mol. The molecular formula is C30H33ClN4O3S. The minimum atomic E-state index is -0.274. The van der Waals surface area contributed by atoms with E-state index in [1.54, 1.807) is 9.91 Å². The second kappa shape index (κ2) is 12.4. The minimum absolute atomic E-state index is 0.0468. The number of ether oxygens (including phenoxy) is 1. The van der Waals surface area contributed by atoms with Gasteiger partial charge in [0.1, 0.15) is 6.54 Å². The number of hydrazone groups is 1. The van der Waals surface area contributed by atoms with Gasteiger partial charge < -0.3 is 9.64 Å². The van der Waals surface area contributed by atoms with Crippen molar-refractivity contribution in [3.05, 3.63) is 92.1 Å². The average Bonchev–Trinajstić information content (AvgIpc) is 3.64. The van der Waals surface area contributed by atoms with Gasteiger partial charge in [-0.05, 0) is 65.7 Å². The third-order valence-corrected chi connectivity index (χ3v) is 8.51. The topological polar surface area (TPSA) is 65.5 Å². The molecule has 0 saturated carbocycles. The summed E-state index contributed by atoms with van der Waals surface area (Å²) in [7, 11) is 0. The Hall–Kier alpha value is -3.04. The molecule has 1 saturated heterocycles. The van der Waals surface area contributed by atoms with E-state index in [1.807, 2.05) is 41.8 Å². The van der Waals surface area contributed by atoms with Crippen molar-refractivity contribution in [3.63, 3.8) is 0 Å². The van der Waals surface area contributed by atoms with Crippen molar-refractivity contribution in [2.45, 2.75) is 26.3 Å². The third-order valence-electron chi connectivity index (χ3n) is 7.40. The Morgan fingerprint density at radius 3 is 2.54 bits per heavy atom. The fraction of sp³-hybridized carbons (Fsp3) is 0.367. The van der Waals surface area contributed by atoms with E-state index in [0.29, 0.717) is 42.6 Å². The molecule has 0 spiro atoms. The van der Waals surface area contributed by atoms with E-state index in [0.717, 1.165) is 29.9 Å². The Labute approximate surface area is 238 Å². The van der Waals surface area contributed by atoms with Crippen molar-refractivity contribution < 1.29 is 14.3 Å². The molecule has 0 unspecified atom stereocenters. The lowest BCUT2D eigenvalue weighted by atomic mass is 9.96. The first-order chi connectivity index (χ1) is 18.9. The van der Waals surface area contributed by atoms with Crippen molar-refractivity contribution >= 4 is 40.5 Å². The number of amides is 2. The van der Waals surface area contributed by atoms with E-state index in [2.05, 4.69) is 36.9 Å². The molecule has 0 aliphatic carbocycles. The first-order valence-corrected chi connectivity index (χ1v) is 14.5. The predicted octanol–water partition coefficient (Wildman–Crippen LogP) is 5.17. The number of aryl methyl sites for hydroxylation is 2. The molecule has 2 aliphatic rings. The summed E-state index contributed by atoms with van der Waals surface area (Å²) in [5, 5.41) is 8.93. The summed E-state index contributed by atoms with van der Waals surface area (Å²) in [6, 6.07) is 17.2. The Kier molecular flexibility index (Phi) is 8.77. The molecule has 1 aromatic heterocycles. The zero-order chi connectivity index (χ0) is 27.4. The standard InChI is InChI=1S/C30H33ClN4O3S/c1-21-5-6-24(18-22(21)2)26-19-27(23-7-9-25(31)10-8-23)35(32-26)29(36)20-34(30(37)28-4-3-17-39-28)12-11-33-13-15-38-16-14-33/h3-10,17-18,27H,11-16,19-20H2,1-2H3/t27-/m0/s1. The lowest BCUT2D eigenvalue weighted by Gasteiger charge is -2.31. The van der Waals surface area contributed by atoms with Crippen LogP contribution in [0.25, 0.3) is 0 Å². The van der Waals surface area contributed by atoms with Crippen LogP contribution in [-0.4, -0.2) is 78.3 Å². The zero-order valence-corrected chi connectivity index (χ0v) is 23.9. The van der Waals surface area contributed by atoms with Crippen LogP contribution in [0.5, 0.6) is 0 Å². The van der Waals surface area contributed by atoms with Gasteiger partial charge in [-0.1, -0.05) is 41.9 Å². The maximum Gasteiger partial charge on any atom is 0.264 e. The molecule has 5 rings (SSSR count). The normalized spacial score (nSPS) is 17.8. The highest BCUT2D eigenvalue weighted by atomic mass is 35.5. The zero-order valence-electron chi connectivity index (χ0n) is 22.3. The van der Waals surface area contributed by atoms with Gasteiger partial charge in [0.05, 0.1) is 29.8 Å². The number of carbonyl (C=O) groups is 2. The fourth-order valence-electron chi connectivity index (χ4n) is 4.91. The van der Waals surface area contributed by atoms with Gasteiger partial charge in [0.15, 0.2) is 0 Å². The monoisotopic (exact) mass is 564 g/mol. The van der Waals surface area contributed by atoms with Crippen LogP contribution in [0, 0.1) is 13.8 Å². The molecule has 0 bridgehead atoms. The maximum atomic E-state index is 13.9. The third kappa shape index (κ3) is 6.58. The molecular weight excluding hydrogens is 532 g/mol. The van der Waals surface area contributed by atoms with Crippen LogP contribution >= 0.6 is 22.9 Å². The molecule has 9 heteroatoms. The van der Waals surface area contributed by atoms with Crippen LogP contribution in [-0.2, 0) is 9.53 Å². The molecule has 2 amide bonds. The SMILES string of the molecule is Cc1ccc(C2=NN(C(=O)CN(CCN3CCOCC3)C(=O)c3cccs3)[C@H](c3ccc(Cl)cc3)C2)cc1C. The highest BCUT2D eigenvalue weighted by Crippen LogP contribution is 2.34. The molecule has 2 aromatic carbocycles. The first-order valence-electron chi connectivity index (χ1n) is 13.2. The Bertz CT molecular complexity index is 1340. The van der Waals surface area contributed by atoms with Crippen LogP contribution < -0.4 is 0 Å². The van der Waals surface area contributed by atoms with E-state index in [1.165, 1.54) is 22.5 Å². The van der Waals surface area contributed by atoms with Crippen LogP contribution in [0.3, 0.4) is 0 Å². The van der Waals surface area contributed by atoms with Gasteiger partial charge in [-0.25, -0.2) is 5.01 Å². The number of benzene rings is 2. The summed E-state index contributed by atoms with van der Waals surface area (Å²) in [6.07, 6.45) is 0.586. The molecule has 3 aromatic rings. The lowest BCUT2D eigenvalue weighted by molar-refractivity contribution is -0.133. The number of hydrogen-bond donors (Lipinski definition) is 0. The molecule has 0 radical (unpaired) electrons. The number of halogens is 1. The summed E-state index contributed by atoms with van der Waals surface area (Å²) in [4.78, 5) is 31.9. The summed E-state index contributed by atoms with van der Waals surface area (Å²) < 4.78 is 5.46. The van der Waals surface area contributed by atoms with Gasteiger partial charge in [-0.2, -0.15) is 5.10 Å². The van der Waals surface area contributed by atoms with Crippen LogP contribution in [0.4, 0.5) is 0 Å². The van der Waals surface area contributed by atoms with E-state index < -0.39 is 0 Å². The number of carbonyl (C=O) groups excluding carboxylic acids is 2. The quantitative estimate of drug-likeness (QED) is 0.379. The Balaban J connectivity index is 1.40. The van der Waals surface area contributed by atoms with Crippen molar-refractivity contribution in [1.29, 1.82) is 0 Å². The molecule has 1 fully saturated rings. The molecule has 39 heavy (non-hydrogen) atoms. The van der Waals surface area contributed by atoms with E-state index in [9.17, 15) is 9.59 Å². The number of rotatable bonds is 8. The number of nitrogens with zero attached hydrogens (tertiary/aromatic N) is 4. The summed E-state index contributed by atoms with van der Waals surface area (Å²) in [5.41, 5.74) is 5.21. The molecule has 2 aliphatic heterocycles. The van der Waals surface area contributed by atoms with Crippen molar-refractivity contribution in [2.24, 2.45) is 5.10 Å². The van der Waals surface area contributed by atoms with Crippen LogP contribution in [0.15, 0.2) is 65.1 Å². The van der Waals surface area contributed by atoms with Crippen molar-refractivity contribution in [1.82, 2.24) is 14.8 Å². The van der Waals surface area contributed by atoms with Gasteiger partial charge in [-0.15, -0.1) is 11.3 Å².